The zero-order valence-electron chi connectivity index (χ0n) is 13.9. The molecule has 0 bridgehead atoms. The second kappa shape index (κ2) is 7.31. The van der Waals surface area contributed by atoms with Crippen LogP contribution in [-0.2, 0) is 4.79 Å². The zero-order valence-corrected chi connectivity index (χ0v) is 13.9. The molecule has 0 saturated carbocycles. The van der Waals surface area contributed by atoms with Crippen LogP contribution < -0.4 is 10.1 Å². The number of anilines is 1. The number of hydrogen-bond acceptors (Lipinski definition) is 5. The number of nitrogens with one attached hydrogen (secondary N) is 1. The van der Waals surface area contributed by atoms with Gasteiger partial charge in [0.2, 0.25) is 5.91 Å². The monoisotopic (exact) mass is 327 g/mol. The zero-order chi connectivity index (χ0) is 16.9. The molecule has 2 aromatic rings. The lowest BCUT2D eigenvalue weighted by Gasteiger charge is -2.25. The van der Waals surface area contributed by atoms with Crippen LogP contribution in [0.3, 0.4) is 0 Å². The highest BCUT2D eigenvalue weighted by atomic mass is 16.5. The fourth-order valence-corrected chi connectivity index (χ4v) is 2.73. The molecule has 0 aliphatic carbocycles. The fraction of sp³-hybridized carbons (Fsp3) is 0.333. The summed E-state index contributed by atoms with van der Waals surface area (Å²) in [5, 5.41) is 6.51. The van der Waals surface area contributed by atoms with E-state index < -0.39 is 0 Å². The highest BCUT2D eigenvalue weighted by Crippen LogP contribution is 2.24. The second-order valence-corrected chi connectivity index (χ2v) is 5.81. The summed E-state index contributed by atoms with van der Waals surface area (Å²) in [6.07, 6.45) is 3.10. The Labute approximate surface area is 141 Å². The van der Waals surface area contributed by atoms with Gasteiger partial charge in [-0.1, -0.05) is 23.4 Å². The van der Waals surface area contributed by atoms with E-state index in [-0.39, 0.29) is 5.91 Å². The van der Waals surface area contributed by atoms with Crippen molar-refractivity contribution in [2.45, 2.75) is 13.3 Å². The maximum atomic E-state index is 12.0. The van der Waals surface area contributed by atoms with E-state index in [1.807, 2.05) is 12.1 Å². The Bertz CT molecular complexity index is 734. The minimum absolute atomic E-state index is 0.0791. The van der Waals surface area contributed by atoms with E-state index in [2.05, 4.69) is 33.6 Å². The van der Waals surface area contributed by atoms with E-state index in [0.717, 1.165) is 25.3 Å². The summed E-state index contributed by atoms with van der Waals surface area (Å²) in [5.74, 6) is 1.92. The fourth-order valence-electron chi connectivity index (χ4n) is 2.73. The summed E-state index contributed by atoms with van der Waals surface area (Å²) in [5.41, 5.74) is 2.51. The first-order valence-corrected chi connectivity index (χ1v) is 7.93. The summed E-state index contributed by atoms with van der Waals surface area (Å²) in [6, 6.07) is 9.78. The highest BCUT2D eigenvalue weighted by Gasteiger charge is 2.16. The van der Waals surface area contributed by atoms with Crippen LogP contribution in [0, 0.1) is 6.92 Å². The molecule has 1 N–H and O–H groups in total. The van der Waals surface area contributed by atoms with Crippen molar-refractivity contribution in [3.63, 3.8) is 0 Å². The first-order valence-electron chi connectivity index (χ1n) is 7.93. The van der Waals surface area contributed by atoms with Gasteiger partial charge in [-0.25, -0.2) is 0 Å². The molecule has 1 aliphatic rings. The van der Waals surface area contributed by atoms with Crippen molar-refractivity contribution in [3.05, 3.63) is 47.7 Å². The van der Waals surface area contributed by atoms with E-state index in [0.29, 0.717) is 18.1 Å². The molecule has 6 nitrogen and oxygen atoms in total. The molecule has 126 valence electrons. The van der Waals surface area contributed by atoms with Crippen LogP contribution in [-0.4, -0.2) is 42.7 Å². The van der Waals surface area contributed by atoms with Gasteiger partial charge in [0, 0.05) is 19.2 Å². The Balaban J connectivity index is 1.53. The molecule has 0 fully saturated rings. The molecule has 6 heteroatoms. The molecule has 0 saturated heterocycles. The number of aryl methyl sites for hydroxylation is 1. The van der Waals surface area contributed by atoms with Crippen molar-refractivity contribution >= 4 is 17.3 Å². The van der Waals surface area contributed by atoms with Gasteiger partial charge < -0.3 is 14.6 Å². The molecule has 1 aromatic carbocycles. The summed E-state index contributed by atoms with van der Waals surface area (Å²) >= 11 is 0. The SMILES string of the molecule is COc1ccc(C2=CCN(CC(=O)Nc3cc(C)on3)CC2)cc1. The molecule has 1 aliphatic heterocycles. The van der Waals surface area contributed by atoms with Gasteiger partial charge in [0.15, 0.2) is 5.82 Å². The van der Waals surface area contributed by atoms with E-state index >= 15 is 0 Å². The first kappa shape index (κ1) is 16.3. The standard InChI is InChI=1S/C18H21N3O3/c1-13-11-17(20-24-13)19-18(22)12-21-9-7-15(8-10-21)14-3-5-16(23-2)6-4-14/h3-7,11H,8-10,12H2,1-2H3,(H,19,20,22). The molecule has 1 aromatic heterocycles. The number of carbonyl (C=O) groups is 1. The Morgan fingerprint density at radius 1 is 1.38 bits per heavy atom. The van der Waals surface area contributed by atoms with Gasteiger partial charge in [0.05, 0.1) is 13.7 Å². The number of methoxy groups -OCH3 is 1. The van der Waals surface area contributed by atoms with Crippen LogP contribution in [0.2, 0.25) is 0 Å². The topological polar surface area (TPSA) is 67.6 Å². The highest BCUT2D eigenvalue weighted by molar-refractivity contribution is 5.91. The molecular formula is C18H21N3O3. The lowest BCUT2D eigenvalue weighted by Crippen LogP contribution is -2.36. The van der Waals surface area contributed by atoms with Crippen LogP contribution >= 0.6 is 0 Å². The largest absolute Gasteiger partial charge is 0.497 e. The number of rotatable bonds is 5. The molecule has 0 atom stereocenters. The molecular weight excluding hydrogens is 306 g/mol. The Morgan fingerprint density at radius 2 is 2.17 bits per heavy atom. The Hall–Kier alpha value is -2.60. The second-order valence-electron chi connectivity index (χ2n) is 5.81. The molecule has 0 unspecified atom stereocenters. The van der Waals surface area contributed by atoms with E-state index in [9.17, 15) is 4.79 Å². The van der Waals surface area contributed by atoms with Crippen LogP contribution in [0.1, 0.15) is 17.7 Å². The van der Waals surface area contributed by atoms with Crippen LogP contribution in [0.5, 0.6) is 5.75 Å². The number of carbonyl (C=O) groups excluding carboxylic acids is 1. The average Bonchev–Trinajstić information content (AvgIpc) is 3.00. The molecule has 0 spiro atoms. The van der Waals surface area contributed by atoms with Crippen molar-refractivity contribution < 1.29 is 14.1 Å². The minimum Gasteiger partial charge on any atom is -0.497 e. The molecule has 24 heavy (non-hydrogen) atoms. The Kier molecular flexibility index (Phi) is 4.96. The maximum absolute atomic E-state index is 12.0. The van der Waals surface area contributed by atoms with E-state index in [4.69, 9.17) is 9.26 Å². The van der Waals surface area contributed by atoms with Gasteiger partial charge in [-0.05, 0) is 36.6 Å². The maximum Gasteiger partial charge on any atom is 0.239 e. The summed E-state index contributed by atoms with van der Waals surface area (Å²) in [7, 11) is 1.66. The van der Waals surface area contributed by atoms with Crippen LogP contribution in [0.15, 0.2) is 40.9 Å². The number of hydrogen-bond donors (Lipinski definition) is 1. The Morgan fingerprint density at radius 3 is 2.75 bits per heavy atom. The number of ether oxygens (including phenoxy) is 1. The third-order valence-corrected chi connectivity index (χ3v) is 4.02. The van der Waals surface area contributed by atoms with Crippen molar-refractivity contribution in [1.29, 1.82) is 0 Å². The molecule has 2 heterocycles. The third-order valence-electron chi connectivity index (χ3n) is 4.02. The molecule has 0 radical (unpaired) electrons. The first-order chi connectivity index (χ1) is 11.6. The lowest BCUT2D eigenvalue weighted by molar-refractivity contribution is -0.117. The van der Waals surface area contributed by atoms with E-state index in [1.54, 1.807) is 20.1 Å². The van der Waals surface area contributed by atoms with Crippen molar-refractivity contribution in [3.8, 4) is 5.75 Å². The predicted octanol–water partition coefficient (Wildman–Crippen LogP) is 2.72. The number of aromatic nitrogens is 1. The van der Waals surface area contributed by atoms with Crippen LogP contribution in [0.4, 0.5) is 5.82 Å². The van der Waals surface area contributed by atoms with Gasteiger partial charge in [-0.2, -0.15) is 0 Å². The van der Waals surface area contributed by atoms with Crippen molar-refractivity contribution in [2.75, 3.05) is 32.1 Å². The van der Waals surface area contributed by atoms with E-state index in [1.165, 1.54) is 11.1 Å². The van der Waals surface area contributed by atoms with Gasteiger partial charge in [0.25, 0.3) is 0 Å². The van der Waals surface area contributed by atoms with Gasteiger partial charge in [-0.15, -0.1) is 0 Å². The number of amides is 1. The molecule has 3 rings (SSSR count). The molecule has 1 amide bonds. The normalized spacial score (nSPS) is 15.0. The lowest BCUT2D eigenvalue weighted by atomic mass is 9.99. The third kappa shape index (κ3) is 4.02. The summed E-state index contributed by atoms with van der Waals surface area (Å²) < 4.78 is 10.1. The smallest absolute Gasteiger partial charge is 0.239 e. The van der Waals surface area contributed by atoms with Crippen LogP contribution in [0.25, 0.3) is 5.57 Å². The van der Waals surface area contributed by atoms with Gasteiger partial charge in [-0.3, -0.25) is 9.69 Å². The minimum atomic E-state index is -0.0791. The summed E-state index contributed by atoms with van der Waals surface area (Å²) in [6.45, 7) is 3.74. The predicted molar refractivity (Wildman–Crippen MR) is 91.9 cm³/mol. The van der Waals surface area contributed by atoms with Gasteiger partial charge in [0.1, 0.15) is 11.5 Å². The number of nitrogens with zero attached hydrogens (tertiary/aromatic N) is 2. The average molecular weight is 327 g/mol. The van der Waals surface area contributed by atoms with Crippen molar-refractivity contribution in [1.82, 2.24) is 10.1 Å². The van der Waals surface area contributed by atoms with Crippen molar-refractivity contribution in [2.24, 2.45) is 0 Å². The van der Waals surface area contributed by atoms with Gasteiger partial charge >= 0.3 is 0 Å². The summed E-state index contributed by atoms with van der Waals surface area (Å²) in [4.78, 5) is 14.1. The quantitative estimate of drug-likeness (QED) is 0.914. The number of benzene rings is 1.